The molecular formula is C17H24ClFN2O. The monoisotopic (exact) mass is 326 g/mol. The van der Waals surface area contributed by atoms with Gasteiger partial charge < -0.3 is 10.2 Å². The maximum atomic E-state index is 14.1. The van der Waals surface area contributed by atoms with Crippen LogP contribution in [0.1, 0.15) is 44.2 Å². The number of nitrogens with one attached hydrogen (secondary N) is 1. The largest absolute Gasteiger partial charge is 0.335 e. The van der Waals surface area contributed by atoms with Crippen LogP contribution >= 0.6 is 12.4 Å². The van der Waals surface area contributed by atoms with Gasteiger partial charge in [0.25, 0.3) is 0 Å². The van der Waals surface area contributed by atoms with Gasteiger partial charge in [-0.1, -0.05) is 25.1 Å². The third-order valence-corrected chi connectivity index (χ3v) is 4.68. The van der Waals surface area contributed by atoms with E-state index in [-0.39, 0.29) is 30.2 Å². The van der Waals surface area contributed by atoms with Crippen LogP contribution in [0.3, 0.4) is 0 Å². The Bertz CT molecular complexity index is 519. The summed E-state index contributed by atoms with van der Waals surface area (Å²) < 4.78 is 14.1. The number of halogens is 2. The van der Waals surface area contributed by atoms with Crippen LogP contribution in [0, 0.1) is 11.7 Å². The first kappa shape index (κ1) is 17.2. The van der Waals surface area contributed by atoms with Gasteiger partial charge in [0.2, 0.25) is 5.91 Å². The van der Waals surface area contributed by atoms with E-state index < -0.39 is 0 Å². The fourth-order valence-corrected chi connectivity index (χ4v) is 3.62. The zero-order valence-corrected chi connectivity index (χ0v) is 13.7. The summed E-state index contributed by atoms with van der Waals surface area (Å²) in [4.78, 5) is 14.5. The van der Waals surface area contributed by atoms with E-state index in [1.807, 2.05) is 17.0 Å². The van der Waals surface area contributed by atoms with Crippen LogP contribution < -0.4 is 5.32 Å². The van der Waals surface area contributed by atoms with Crippen molar-refractivity contribution in [1.29, 1.82) is 0 Å². The summed E-state index contributed by atoms with van der Waals surface area (Å²) in [5, 5.41) is 3.37. The van der Waals surface area contributed by atoms with E-state index in [0.29, 0.717) is 23.9 Å². The Kier molecular flexibility index (Phi) is 5.81. The van der Waals surface area contributed by atoms with Gasteiger partial charge in [0.05, 0.1) is 6.04 Å². The molecule has 0 aromatic heterocycles. The molecule has 5 heteroatoms. The second-order valence-corrected chi connectivity index (χ2v) is 6.42. The van der Waals surface area contributed by atoms with Gasteiger partial charge in [0.1, 0.15) is 5.82 Å². The molecule has 1 amide bonds. The third kappa shape index (κ3) is 3.61. The van der Waals surface area contributed by atoms with Crippen LogP contribution in [0.25, 0.3) is 0 Å². The van der Waals surface area contributed by atoms with Crippen LogP contribution in [0.5, 0.6) is 0 Å². The standard InChI is InChI=1S/C17H23FN2O.ClH/c1-12-9-16(14-6-2-3-7-15(14)18)20(11-12)17(21)10-13-5-4-8-19-13;/h2-3,6-7,12-13,16,19H,4-5,8-11H2,1H3;1H. The van der Waals surface area contributed by atoms with Crippen molar-refractivity contribution >= 4 is 18.3 Å². The smallest absolute Gasteiger partial charge is 0.224 e. The van der Waals surface area contributed by atoms with Crippen molar-refractivity contribution in [2.24, 2.45) is 5.92 Å². The van der Waals surface area contributed by atoms with Crippen molar-refractivity contribution in [2.45, 2.75) is 44.7 Å². The number of hydrogen-bond acceptors (Lipinski definition) is 2. The number of likely N-dealkylation sites (tertiary alicyclic amines) is 1. The number of nitrogens with zero attached hydrogens (tertiary/aromatic N) is 1. The fourth-order valence-electron chi connectivity index (χ4n) is 3.62. The van der Waals surface area contributed by atoms with Crippen molar-refractivity contribution in [3.8, 4) is 0 Å². The summed E-state index contributed by atoms with van der Waals surface area (Å²) >= 11 is 0. The summed E-state index contributed by atoms with van der Waals surface area (Å²) in [6.45, 7) is 3.88. The lowest BCUT2D eigenvalue weighted by atomic mass is 10.00. The second-order valence-electron chi connectivity index (χ2n) is 6.42. The zero-order valence-electron chi connectivity index (χ0n) is 12.9. The van der Waals surface area contributed by atoms with Crippen LogP contribution in [-0.2, 0) is 4.79 Å². The average molecular weight is 327 g/mol. The van der Waals surface area contributed by atoms with Gasteiger partial charge in [-0.05, 0) is 37.8 Å². The first-order valence-corrected chi connectivity index (χ1v) is 7.92. The van der Waals surface area contributed by atoms with Crippen molar-refractivity contribution in [1.82, 2.24) is 10.2 Å². The Morgan fingerprint density at radius 3 is 2.86 bits per heavy atom. The Balaban J connectivity index is 0.00000176. The minimum Gasteiger partial charge on any atom is -0.335 e. The lowest BCUT2D eigenvalue weighted by Crippen LogP contribution is -2.36. The van der Waals surface area contributed by atoms with Gasteiger partial charge >= 0.3 is 0 Å². The zero-order chi connectivity index (χ0) is 14.8. The van der Waals surface area contributed by atoms with E-state index in [0.717, 1.165) is 32.4 Å². The quantitative estimate of drug-likeness (QED) is 0.924. The number of carbonyl (C=O) groups is 1. The molecule has 1 N–H and O–H groups in total. The third-order valence-electron chi connectivity index (χ3n) is 4.68. The molecule has 0 bridgehead atoms. The van der Waals surface area contributed by atoms with Crippen molar-refractivity contribution in [3.63, 3.8) is 0 Å². The van der Waals surface area contributed by atoms with E-state index in [1.165, 1.54) is 6.07 Å². The van der Waals surface area contributed by atoms with Crippen molar-refractivity contribution < 1.29 is 9.18 Å². The SMILES string of the molecule is CC1CC(c2ccccc2F)N(C(=O)CC2CCCN2)C1.Cl. The molecular weight excluding hydrogens is 303 g/mol. The molecule has 122 valence electrons. The lowest BCUT2D eigenvalue weighted by Gasteiger charge is -2.26. The molecule has 2 aliphatic heterocycles. The number of hydrogen-bond donors (Lipinski definition) is 1. The average Bonchev–Trinajstić information content (AvgIpc) is 3.09. The molecule has 3 unspecified atom stereocenters. The van der Waals surface area contributed by atoms with Crippen LogP contribution in [0.15, 0.2) is 24.3 Å². The van der Waals surface area contributed by atoms with Gasteiger partial charge in [-0.25, -0.2) is 4.39 Å². The molecule has 1 aromatic carbocycles. The number of benzene rings is 1. The fraction of sp³-hybridized carbons (Fsp3) is 0.588. The molecule has 3 rings (SSSR count). The molecule has 0 saturated carbocycles. The summed E-state index contributed by atoms with van der Waals surface area (Å²) in [7, 11) is 0. The molecule has 0 aliphatic carbocycles. The Morgan fingerprint density at radius 2 is 2.18 bits per heavy atom. The highest BCUT2D eigenvalue weighted by Crippen LogP contribution is 2.37. The highest BCUT2D eigenvalue weighted by atomic mass is 35.5. The molecule has 2 fully saturated rings. The maximum absolute atomic E-state index is 14.1. The first-order chi connectivity index (χ1) is 10.1. The minimum atomic E-state index is -0.201. The molecule has 0 radical (unpaired) electrons. The number of carbonyl (C=O) groups excluding carboxylic acids is 1. The normalized spacial score (nSPS) is 27.7. The summed E-state index contributed by atoms with van der Waals surface area (Å²) in [6, 6.07) is 7.05. The topological polar surface area (TPSA) is 32.3 Å². The Hall–Kier alpha value is -1.13. The molecule has 1 aromatic rings. The molecule has 3 nitrogen and oxygen atoms in total. The van der Waals surface area contributed by atoms with E-state index in [9.17, 15) is 9.18 Å². The van der Waals surface area contributed by atoms with E-state index in [1.54, 1.807) is 6.07 Å². The van der Waals surface area contributed by atoms with E-state index in [2.05, 4.69) is 12.2 Å². The van der Waals surface area contributed by atoms with Gasteiger partial charge in [0.15, 0.2) is 0 Å². The van der Waals surface area contributed by atoms with Crippen molar-refractivity contribution in [3.05, 3.63) is 35.6 Å². The van der Waals surface area contributed by atoms with E-state index >= 15 is 0 Å². The predicted molar refractivity (Wildman–Crippen MR) is 87.5 cm³/mol. The molecule has 2 saturated heterocycles. The minimum absolute atomic E-state index is 0. The summed E-state index contributed by atoms with van der Waals surface area (Å²) in [5.74, 6) is 0.385. The highest BCUT2D eigenvalue weighted by Gasteiger charge is 2.36. The van der Waals surface area contributed by atoms with Gasteiger partial charge in [0, 0.05) is 24.6 Å². The number of amides is 1. The molecule has 0 spiro atoms. The molecule has 2 aliphatic rings. The lowest BCUT2D eigenvalue weighted by molar-refractivity contribution is -0.132. The highest BCUT2D eigenvalue weighted by molar-refractivity contribution is 5.85. The van der Waals surface area contributed by atoms with Crippen LogP contribution in [-0.4, -0.2) is 29.9 Å². The Labute approximate surface area is 137 Å². The van der Waals surface area contributed by atoms with Gasteiger partial charge in [-0.15, -0.1) is 12.4 Å². The van der Waals surface area contributed by atoms with E-state index in [4.69, 9.17) is 0 Å². The Morgan fingerprint density at radius 1 is 1.41 bits per heavy atom. The number of rotatable bonds is 3. The maximum Gasteiger partial charge on any atom is 0.224 e. The molecule has 3 atom stereocenters. The van der Waals surface area contributed by atoms with Crippen LogP contribution in [0.4, 0.5) is 4.39 Å². The summed E-state index contributed by atoms with van der Waals surface area (Å²) in [6.07, 6.45) is 3.60. The molecule has 2 heterocycles. The molecule has 22 heavy (non-hydrogen) atoms. The summed E-state index contributed by atoms with van der Waals surface area (Å²) in [5.41, 5.74) is 0.662. The van der Waals surface area contributed by atoms with Gasteiger partial charge in [-0.3, -0.25) is 4.79 Å². The predicted octanol–water partition coefficient (Wildman–Crippen LogP) is 3.30. The van der Waals surface area contributed by atoms with Crippen molar-refractivity contribution in [2.75, 3.05) is 13.1 Å². The second kappa shape index (κ2) is 7.42. The first-order valence-electron chi connectivity index (χ1n) is 7.92. The van der Waals surface area contributed by atoms with Crippen LogP contribution in [0.2, 0.25) is 0 Å². The van der Waals surface area contributed by atoms with Gasteiger partial charge in [-0.2, -0.15) is 0 Å².